The van der Waals surface area contributed by atoms with Gasteiger partial charge in [0.25, 0.3) is 0 Å². The van der Waals surface area contributed by atoms with Crippen molar-refractivity contribution in [2.45, 2.75) is 26.0 Å². The van der Waals surface area contributed by atoms with E-state index in [9.17, 15) is 4.79 Å². The van der Waals surface area contributed by atoms with Crippen molar-refractivity contribution in [3.05, 3.63) is 29.8 Å². The number of hydrogen-bond acceptors (Lipinski definition) is 3. The fraction of sp³-hybridized carbons (Fsp3) is 0.364. The average molecular weight is 206 g/mol. The Balaban J connectivity index is 2.25. The fourth-order valence-corrected chi connectivity index (χ4v) is 1.70. The van der Waals surface area contributed by atoms with E-state index in [0.29, 0.717) is 6.42 Å². The van der Waals surface area contributed by atoms with E-state index in [1.807, 2.05) is 31.2 Å². The summed E-state index contributed by atoms with van der Waals surface area (Å²) in [4.78, 5) is 11.6. The Kier molecular flexibility index (Phi) is 2.70. The third kappa shape index (κ3) is 2.00. The number of aliphatic hydroxyl groups excluding tert-OH is 1. The molecule has 0 saturated carbocycles. The number of hydrazine groups is 1. The Labute approximate surface area is 88.5 Å². The summed E-state index contributed by atoms with van der Waals surface area (Å²) in [6.07, 6.45) is 0.517. The van der Waals surface area contributed by atoms with Crippen LogP contribution in [0.4, 0.5) is 5.69 Å². The summed E-state index contributed by atoms with van der Waals surface area (Å²) in [6.45, 7) is 1.96. The highest BCUT2D eigenvalue weighted by Gasteiger charge is 2.26. The van der Waals surface area contributed by atoms with Gasteiger partial charge in [0.2, 0.25) is 5.91 Å². The standard InChI is InChI=1S/C11H14N2O2/c1-8-5-11(15)13(12-8)10-4-2-3-9(6-10)7-14/h2-4,6,8,12,14H,5,7H2,1H3. The van der Waals surface area contributed by atoms with Gasteiger partial charge in [0.15, 0.2) is 0 Å². The van der Waals surface area contributed by atoms with Gasteiger partial charge >= 0.3 is 0 Å². The number of benzene rings is 1. The van der Waals surface area contributed by atoms with Crippen molar-refractivity contribution < 1.29 is 9.90 Å². The predicted molar refractivity (Wildman–Crippen MR) is 57.1 cm³/mol. The second-order valence-corrected chi connectivity index (χ2v) is 3.79. The lowest BCUT2D eigenvalue weighted by Gasteiger charge is -2.17. The number of hydrogen-bond donors (Lipinski definition) is 2. The van der Waals surface area contributed by atoms with Crippen LogP contribution >= 0.6 is 0 Å². The van der Waals surface area contributed by atoms with E-state index >= 15 is 0 Å². The molecule has 0 aliphatic carbocycles. The van der Waals surface area contributed by atoms with Crippen LogP contribution in [0.2, 0.25) is 0 Å². The molecule has 0 spiro atoms. The van der Waals surface area contributed by atoms with Gasteiger partial charge in [0, 0.05) is 12.5 Å². The number of anilines is 1. The Morgan fingerprint density at radius 1 is 1.60 bits per heavy atom. The molecule has 1 amide bonds. The Hall–Kier alpha value is -1.39. The van der Waals surface area contributed by atoms with Crippen LogP contribution in [0.25, 0.3) is 0 Å². The molecule has 1 aliphatic rings. The number of aliphatic hydroxyl groups is 1. The summed E-state index contributed by atoms with van der Waals surface area (Å²) < 4.78 is 0. The van der Waals surface area contributed by atoms with Gasteiger partial charge in [-0.25, -0.2) is 10.4 Å². The van der Waals surface area contributed by atoms with Crippen molar-refractivity contribution in [2.24, 2.45) is 0 Å². The number of nitrogens with zero attached hydrogens (tertiary/aromatic N) is 1. The maximum absolute atomic E-state index is 11.6. The maximum atomic E-state index is 11.6. The number of amides is 1. The highest BCUT2D eigenvalue weighted by Crippen LogP contribution is 2.19. The molecule has 1 atom stereocenters. The number of rotatable bonds is 2. The van der Waals surface area contributed by atoms with Crippen molar-refractivity contribution >= 4 is 11.6 Å². The summed E-state index contributed by atoms with van der Waals surface area (Å²) in [7, 11) is 0. The molecular weight excluding hydrogens is 192 g/mol. The van der Waals surface area contributed by atoms with Crippen LogP contribution in [0.3, 0.4) is 0 Å². The molecule has 1 aliphatic heterocycles. The largest absolute Gasteiger partial charge is 0.392 e. The molecule has 80 valence electrons. The smallest absolute Gasteiger partial charge is 0.242 e. The minimum Gasteiger partial charge on any atom is -0.392 e. The molecule has 0 aromatic heterocycles. The van der Waals surface area contributed by atoms with E-state index < -0.39 is 0 Å². The zero-order valence-electron chi connectivity index (χ0n) is 8.60. The van der Waals surface area contributed by atoms with E-state index in [1.165, 1.54) is 0 Å². The minimum atomic E-state index is -0.00851. The lowest BCUT2D eigenvalue weighted by atomic mass is 10.2. The summed E-state index contributed by atoms with van der Waals surface area (Å²) >= 11 is 0. The molecule has 1 heterocycles. The second kappa shape index (κ2) is 4.00. The van der Waals surface area contributed by atoms with Gasteiger partial charge in [-0.15, -0.1) is 0 Å². The van der Waals surface area contributed by atoms with E-state index in [-0.39, 0.29) is 18.6 Å². The molecule has 0 radical (unpaired) electrons. The van der Waals surface area contributed by atoms with E-state index in [0.717, 1.165) is 11.3 Å². The van der Waals surface area contributed by atoms with Crippen LogP contribution in [0, 0.1) is 0 Å². The lowest BCUT2D eigenvalue weighted by Crippen LogP contribution is -2.36. The molecule has 4 heteroatoms. The molecule has 2 N–H and O–H groups in total. The minimum absolute atomic E-state index is 0.00851. The van der Waals surface area contributed by atoms with Crippen LogP contribution in [0.15, 0.2) is 24.3 Å². The van der Waals surface area contributed by atoms with Gasteiger partial charge in [0.1, 0.15) is 0 Å². The first kappa shape index (κ1) is 10.1. The van der Waals surface area contributed by atoms with E-state index in [1.54, 1.807) is 5.01 Å². The number of carbonyl (C=O) groups excluding carboxylic acids is 1. The fourth-order valence-electron chi connectivity index (χ4n) is 1.70. The zero-order valence-corrected chi connectivity index (χ0v) is 8.60. The van der Waals surface area contributed by atoms with Crippen molar-refractivity contribution in [3.63, 3.8) is 0 Å². The first-order valence-electron chi connectivity index (χ1n) is 4.99. The highest BCUT2D eigenvalue weighted by molar-refractivity contribution is 5.94. The molecular formula is C11H14N2O2. The van der Waals surface area contributed by atoms with Crippen molar-refractivity contribution in [3.8, 4) is 0 Å². The highest BCUT2D eigenvalue weighted by atomic mass is 16.3. The van der Waals surface area contributed by atoms with E-state index in [4.69, 9.17) is 5.11 Å². The number of nitrogens with one attached hydrogen (secondary N) is 1. The Morgan fingerprint density at radius 3 is 3.00 bits per heavy atom. The maximum Gasteiger partial charge on any atom is 0.242 e. The quantitative estimate of drug-likeness (QED) is 0.752. The summed E-state index contributed by atoms with van der Waals surface area (Å²) in [5.74, 6) is 0.0672. The van der Waals surface area contributed by atoms with Crippen molar-refractivity contribution in [1.29, 1.82) is 0 Å². The number of carbonyl (C=O) groups is 1. The van der Waals surface area contributed by atoms with Crippen LogP contribution in [0.1, 0.15) is 18.9 Å². The lowest BCUT2D eigenvalue weighted by molar-refractivity contribution is -0.117. The molecule has 2 rings (SSSR count). The normalized spacial score (nSPS) is 21.1. The summed E-state index contributed by atoms with van der Waals surface area (Å²) in [5, 5.41) is 10.5. The van der Waals surface area contributed by atoms with Gasteiger partial charge in [0.05, 0.1) is 12.3 Å². The zero-order chi connectivity index (χ0) is 10.8. The van der Waals surface area contributed by atoms with Gasteiger partial charge in [-0.3, -0.25) is 4.79 Å². The van der Waals surface area contributed by atoms with E-state index in [2.05, 4.69) is 5.43 Å². The second-order valence-electron chi connectivity index (χ2n) is 3.79. The summed E-state index contributed by atoms with van der Waals surface area (Å²) in [5.41, 5.74) is 4.67. The molecule has 1 fully saturated rings. The van der Waals surface area contributed by atoms with Crippen molar-refractivity contribution in [2.75, 3.05) is 5.01 Å². The van der Waals surface area contributed by atoms with Gasteiger partial charge in [-0.2, -0.15) is 0 Å². The van der Waals surface area contributed by atoms with Crippen LogP contribution < -0.4 is 10.4 Å². The topological polar surface area (TPSA) is 52.6 Å². The molecule has 1 aromatic carbocycles. The molecule has 1 aromatic rings. The first-order chi connectivity index (χ1) is 7.20. The third-order valence-electron chi connectivity index (χ3n) is 2.43. The van der Waals surface area contributed by atoms with Crippen LogP contribution in [0.5, 0.6) is 0 Å². The van der Waals surface area contributed by atoms with Gasteiger partial charge in [-0.1, -0.05) is 12.1 Å². The monoisotopic (exact) mass is 206 g/mol. The molecule has 15 heavy (non-hydrogen) atoms. The third-order valence-corrected chi connectivity index (χ3v) is 2.43. The summed E-state index contributed by atoms with van der Waals surface area (Å²) in [6, 6.07) is 7.49. The predicted octanol–water partition coefficient (Wildman–Crippen LogP) is 0.809. The molecule has 4 nitrogen and oxygen atoms in total. The van der Waals surface area contributed by atoms with Crippen LogP contribution in [-0.2, 0) is 11.4 Å². The first-order valence-corrected chi connectivity index (χ1v) is 4.99. The van der Waals surface area contributed by atoms with Crippen molar-refractivity contribution in [1.82, 2.24) is 5.43 Å². The molecule has 0 bridgehead atoms. The van der Waals surface area contributed by atoms with Gasteiger partial charge in [-0.05, 0) is 24.6 Å². The van der Waals surface area contributed by atoms with Crippen LogP contribution in [-0.4, -0.2) is 17.1 Å². The Morgan fingerprint density at radius 2 is 2.40 bits per heavy atom. The average Bonchev–Trinajstić information content (AvgIpc) is 2.58. The van der Waals surface area contributed by atoms with Gasteiger partial charge < -0.3 is 5.11 Å². The SMILES string of the molecule is CC1CC(=O)N(c2cccc(CO)c2)N1. The Bertz CT molecular complexity index is 379. The molecule has 1 saturated heterocycles. The molecule has 1 unspecified atom stereocenters.